The van der Waals surface area contributed by atoms with Crippen molar-refractivity contribution in [3.63, 3.8) is 0 Å². The summed E-state index contributed by atoms with van der Waals surface area (Å²) in [5.41, 5.74) is 1.28. The lowest BCUT2D eigenvalue weighted by molar-refractivity contribution is -0.139. The van der Waals surface area contributed by atoms with Crippen molar-refractivity contribution in [2.75, 3.05) is 32.0 Å². The third-order valence-electron chi connectivity index (χ3n) is 5.90. The number of para-hydroxylation sites is 1. The van der Waals surface area contributed by atoms with E-state index in [-0.39, 0.29) is 18.7 Å². The van der Waals surface area contributed by atoms with Crippen LogP contribution in [0.5, 0.6) is 0 Å². The van der Waals surface area contributed by atoms with E-state index in [0.29, 0.717) is 0 Å². The van der Waals surface area contributed by atoms with Crippen LogP contribution >= 0.6 is 15.9 Å². The summed E-state index contributed by atoms with van der Waals surface area (Å²) in [7, 11) is -0.183. The van der Waals surface area contributed by atoms with Crippen molar-refractivity contribution in [2.45, 2.75) is 19.0 Å². The second-order valence-electron chi connectivity index (χ2n) is 8.72. The lowest BCUT2D eigenvalue weighted by atomic mass is 10.0. The summed E-state index contributed by atoms with van der Waals surface area (Å²) in [5.74, 6) is -1.87. The standard InChI is InChI=1S/C27H30BrFN4O4S/c1-30-27(35)25(17-20-10-5-4-6-11-20)32(18-21-12-9-13-22(28)16-21)26(34)19-33(38(36,37)31(2)3)24-15-8-7-14-23(24)29/h4-16,25H,17-19H2,1-3H3,(H,30,35). The molecule has 2 amide bonds. The van der Waals surface area contributed by atoms with Gasteiger partial charge in [-0.1, -0.05) is 70.5 Å². The fourth-order valence-electron chi connectivity index (χ4n) is 3.91. The van der Waals surface area contributed by atoms with Crippen LogP contribution in [0.15, 0.2) is 83.3 Å². The van der Waals surface area contributed by atoms with Gasteiger partial charge in [0.15, 0.2) is 0 Å². The van der Waals surface area contributed by atoms with Crippen molar-refractivity contribution in [1.29, 1.82) is 0 Å². The van der Waals surface area contributed by atoms with Crippen LogP contribution in [0.2, 0.25) is 0 Å². The van der Waals surface area contributed by atoms with Crippen LogP contribution < -0.4 is 9.62 Å². The van der Waals surface area contributed by atoms with Crippen molar-refractivity contribution >= 4 is 43.6 Å². The summed E-state index contributed by atoms with van der Waals surface area (Å²) in [4.78, 5) is 28.4. The molecule has 0 radical (unpaired) electrons. The van der Waals surface area contributed by atoms with Crippen LogP contribution in [0.3, 0.4) is 0 Å². The van der Waals surface area contributed by atoms with Crippen LogP contribution in [0.1, 0.15) is 11.1 Å². The van der Waals surface area contributed by atoms with E-state index in [2.05, 4.69) is 21.2 Å². The highest BCUT2D eigenvalue weighted by atomic mass is 79.9. The average Bonchev–Trinajstić information content (AvgIpc) is 2.89. The Hall–Kier alpha value is -3.28. The molecule has 0 saturated carbocycles. The van der Waals surface area contributed by atoms with E-state index >= 15 is 0 Å². The summed E-state index contributed by atoms with van der Waals surface area (Å²) in [6.45, 7) is -0.686. The number of nitrogens with zero attached hydrogens (tertiary/aromatic N) is 3. The average molecular weight is 606 g/mol. The minimum absolute atomic E-state index is 0.0241. The molecule has 38 heavy (non-hydrogen) atoms. The maximum atomic E-state index is 14.8. The minimum Gasteiger partial charge on any atom is -0.357 e. The number of benzene rings is 3. The van der Waals surface area contributed by atoms with Crippen LogP contribution in [0.25, 0.3) is 0 Å². The van der Waals surface area contributed by atoms with Gasteiger partial charge < -0.3 is 10.2 Å². The third kappa shape index (κ3) is 7.18. The van der Waals surface area contributed by atoms with Gasteiger partial charge in [-0.15, -0.1) is 0 Å². The van der Waals surface area contributed by atoms with Crippen molar-refractivity contribution < 1.29 is 22.4 Å². The molecule has 0 aliphatic carbocycles. The van der Waals surface area contributed by atoms with Gasteiger partial charge in [-0.25, -0.2) is 8.70 Å². The summed E-state index contributed by atoms with van der Waals surface area (Å²) in [5, 5.41) is 2.62. The Morgan fingerprint density at radius 2 is 1.58 bits per heavy atom. The fourth-order valence-corrected chi connectivity index (χ4v) is 5.42. The molecule has 0 bridgehead atoms. The molecule has 3 rings (SSSR count). The van der Waals surface area contributed by atoms with Gasteiger partial charge in [0.05, 0.1) is 5.69 Å². The number of halogens is 2. The second kappa shape index (κ2) is 13.0. The van der Waals surface area contributed by atoms with Gasteiger partial charge >= 0.3 is 10.2 Å². The molecule has 1 N–H and O–H groups in total. The lowest BCUT2D eigenvalue weighted by Crippen LogP contribution is -2.54. The molecule has 0 aliphatic rings. The molecular weight excluding hydrogens is 575 g/mol. The highest BCUT2D eigenvalue weighted by molar-refractivity contribution is 9.10. The molecule has 1 atom stereocenters. The van der Waals surface area contributed by atoms with Gasteiger partial charge in [0.25, 0.3) is 0 Å². The van der Waals surface area contributed by atoms with Gasteiger partial charge in [-0.05, 0) is 35.4 Å². The molecule has 202 valence electrons. The molecular formula is C27H30BrFN4O4S. The zero-order valence-electron chi connectivity index (χ0n) is 21.3. The summed E-state index contributed by atoms with van der Waals surface area (Å²) in [6.07, 6.45) is 0.195. The number of nitrogens with one attached hydrogen (secondary N) is 1. The predicted octanol–water partition coefficient (Wildman–Crippen LogP) is 3.59. The highest BCUT2D eigenvalue weighted by Crippen LogP contribution is 2.24. The Morgan fingerprint density at radius 1 is 0.947 bits per heavy atom. The van der Waals surface area contributed by atoms with E-state index in [1.54, 1.807) is 12.1 Å². The topological polar surface area (TPSA) is 90.0 Å². The smallest absolute Gasteiger partial charge is 0.304 e. The molecule has 0 spiro atoms. The Balaban J connectivity index is 2.08. The van der Waals surface area contributed by atoms with Gasteiger partial charge in [-0.3, -0.25) is 9.59 Å². The summed E-state index contributed by atoms with van der Waals surface area (Å²) < 4.78 is 43.6. The molecule has 11 heteroatoms. The highest BCUT2D eigenvalue weighted by Gasteiger charge is 2.35. The van der Waals surface area contributed by atoms with Crippen molar-refractivity contribution in [2.24, 2.45) is 0 Å². The molecule has 0 aromatic heterocycles. The van der Waals surface area contributed by atoms with E-state index in [1.807, 2.05) is 42.5 Å². The van der Waals surface area contributed by atoms with Gasteiger partial charge in [0.1, 0.15) is 18.4 Å². The monoisotopic (exact) mass is 604 g/mol. The first kappa shape index (κ1) is 29.3. The normalized spacial score (nSPS) is 12.2. The number of anilines is 1. The van der Waals surface area contributed by atoms with Crippen LogP contribution in [-0.2, 0) is 32.8 Å². The van der Waals surface area contributed by atoms with Crippen LogP contribution in [0.4, 0.5) is 10.1 Å². The Bertz CT molecular complexity index is 1370. The van der Waals surface area contributed by atoms with Gasteiger partial charge in [-0.2, -0.15) is 12.7 Å². The first-order valence-electron chi connectivity index (χ1n) is 11.8. The zero-order chi connectivity index (χ0) is 27.9. The molecule has 8 nitrogen and oxygen atoms in total. The number of hydrogen-bond donors (Lipinski definition) is 1. The summed E-state index contributed by atoms with van der Waals surface area (Å²) in [6, 6.07) is 20.8. The maximum Gasteiger partial charge on any atom is 0.304 e. The number of rotatable bonds is 11. The first-order chi connectivity index (χ1) is 18.0. The van der Waals surface area contributed by atoms with E-state index < -0.39 is 40.4 Å². The number of likely N-dealkylation sites (N-methyl/N-ethyl adjacent to an activating group) is 1. The lowest BCUT2D eigenvalue weighted by Gasteiger charge is -2.34. The molecule has 0 saturated heterocycles. The Morgan fingerprint density at radius 3 is 2.18 bits per heavy atom. The first-order valence-corrected chi connectivity index (χ1v) is 14.0. The molecule has 3 aromatic rings. The summed E-state index contributed by atoms with van der Waals surface area (Å²) >= 11 is 3.43. The van der Waals surface area contributed by atoms with Gasteiger partial charge in [0.2, 0.25) is 11.8 Å². The zero-order valence-corrected chi connectivity index (χ0v) is 23.7. The minimum atomic E-state index is -4.26. The van der Waals surface area contributed by atoms with Crippen molar-refractivity contribution in [3.8, 4) is 0 Å². The fraction of sp³-hybridized carbons (Fsp3) is 0.259. The number of carbonyl (C=O) groups excluding carboxylic acids is 2. The van der Waals surface area contributed by atoms with Crippen molar-refractivity contribution in [1.82, 2.24) is 14.5 Å². The second-order valence-corrected chi connectivity index (χ2v) is 11.7. The number of carbonyl (C=O) groups is 2. The van der Waals surface area contributed by atoms with E-state index in [0.717, 1.165) is 30.3 Å². The van der Waals surface area contributed by atoms with Gasteiger partial charge in [0, 0.05) is 38.6 Å². The molecule has 0 fully saturated rings. The number of hydrogen-bond acceptors (Lipinski definition) is 4. The largest absolute Gasteiger partial charge is 0.357 e. The van der Waals surface area contributed by atoms with Crippen molar-refractivity contribution in [3.05, 3.63) is 100 Å². The van der Waals surface area contributed by atoms with E-state index in [4.69, 9.17) is 0 Å². The molecule has 3 aromatic carbocycles. The van der Waals surface area contributed by atoms with Crippen LogP contribution in [0, 0.1) is 5.82 Å². The predicted molar refractivity (Wildman–Crippen MR) is 149 cm³/mol. The molecule has 0 heterocycles. The maximum absolute atomic E-state index is 14.8. The third-order valence-corrected chi connectivity index (χ3v) is 8.20. The molecule has 1 unspecified atom stereocenters. The van der Waals surface area contributed by atoms with E-state index in [9.17, 15) is 22.4 Å². The Kier molecular flexibility index (Phi) is 10.0. The van der Waals surface area contributed by atoms with Crippen LogP contribution in [-0.4, -0.2) is 63.2 Å². The molecule has 0 aliphatic heterocycles. The Labute approximate surface area is 231 Å². The quantitative estimate of drug-likeness (QED) is 0.362. The SMILES string of the molecule is CNC(=O)C(Cc1ccccc1)N(Cc1cccc(Br)c1)C(=O)CN(c1ccccc1F)S(=O)(=O)N(C)C. The number of amides is 2. The van der Waals surface area contributed by atoms with E-state index in [1.165, 1.54) is 44.2 Å².